The molecular weight excluding hydrogens is 290 g/mol. The second kappa shape index (κ2) is 6.69. The normalized spacial score (nSPS) is 18.8. The van der Waals surface area contributed by atoms with Crippen molar-refractivity contribution in [2.24, 2.45) is 5.41 Å². The van der Waals surface area contributed by atoms with Gasteiger partial charge in [-0.15, -0.1) is 0 Å². The summed E-state index contributed by atoms with van der Waals surface area (Å²) in [6.07, 6.45) is 3.44. The maximum absolute atomic E-state index is 5.53. The molecular formula is C15H22BrNO. The fourth-order valence-electron chi connectivity index (χ4n) is 2.66. The summed E-state index contributed by atoms with van der Waals surface area (Å²) in [7, 11) is 0. The van der Waals surface area contributed by atoms with Crippen molar-refractivity contribution >= 4 is 15.9 Å². The van der Waals surface area contributed by atoms with Gasteiger partial charge in [0.25, 0.3) is 0 Å². The van der Waals surface area contributed by atoms with Crippen LogP contribution in [0.15, 0.2) is 28.7 Å². The van der Waals surface area contributed by atoms with Gasteiger partial charge in [0, 0.05) is 24.2 Å². The molecule has 1 fully saturated rings. The molecule has 1 aliphatic heterocycles. The summed E-state index contributed by atoms with van der Waals surface area (Å²) >= 11 is 3.66. The Morgan fingerprint density at radius 1 is 1.28 bits per heavy atom. The second-order valence-corrected chi connectivity index (χ2v) is 6.02. The first-order valence-corrected chi connectivity index (χ1v) is 7.57. The van der Waals surface area contributed by atoms with Crippen LogP contribution in [0.2, 0.25) is 0 Å². The van der Waals surface area contributed by atoms with Crippen molar-refractivity contribution in [2.75, 3.05) is 26.3 Å². The van der Waals surface area contributed by atoms with Gasteiger partial charge in [-0.1, -0.05) is 41.1 Å². The first-order valence-electron chi connectivity index (χ1n) is 6.78. The zero-order chi connectivity index (χ0) is 12.8. The molecule has 1 aromatic rings. The van der Waals surface area contributed by atoms with E-state index < -0.39 is 0 Å². The summed E-state index contributed by atoms with van der Waals surface area (Å²) in [6, 6.07) is 8.57. The van der Waals surface area contributed by atoms with E-state index in [1.165, 1.54) is 10.0 Å². The van der Waals surface area contributed by atoms with Gasteiger partial charge in [-0.2, -0.15) is 0 Å². The molecule has 1 heterocycles. The predicted molar refractivity (Wildman–Crippen MR) is 78.9 cm³/mol. The topological polar surface area (TPSA) is 21.3 Å². The van der Waals surface area contributed by atoms with Gasteiger partial charge in [-0.3, -0.25) is 0 Å². The molecule has 1 aromatic carbocycles. The smallest absolute Gasteiger partial charge is 0.0471 e. The van der Waals surface area contributed by atoms with Crippen molar-refractivity contribution in [3.8, 4) is 0 Å². The molecule has 2 nitrogen and oxygen atoms in total. The Balaban J connectivity index is 2.11. The van der Waals surface area contributed by atoms with Crippen molar-refractivity contribution in [3.05, 3.63) is 34.3 Å². The van der Waals surface area contributed by atoms with Crippen molar-refractivity contribution in [1.82, 2.24) is 5.32 Å². The minimum Gasteiger partial charge on any atom is -0.381 e. The van der Waals surface area contributed by atoms with Gasteiger partial charge in [0.1, 0.15) is 0 Å². The average molecular weight is 312 g/mol. The first-order chi connectivity index (χ1) is 8.76. The van der Waals surface area contributed by atoms with Crippen LogP contribution >= 0.6 is 15.9 Å². The summed E-state index contributed by atoms with van der Waals surface area (Å²) in [5, 5.41) is 3.53. The maximum Gasteiger partial charge on any atom is 0.0471 e. The van der Waals surface area contributed by atoms with Crippen LogP contribution in [0.4, 0.5) is 0 Å². The van der Waals surface area contributed by atoms with Crippen molar-refractivity contribution < 1.29 is 4.74 Å². The summed E-state index contributed by atoms with van der Waals surface area (Å²) in [4.78, 5) is 0. The fraction of sp³-hybridized carbons (Fsp3) is 0.600. The number of benzene rings is 1. The number of nitrogens with one attached hydrogen (secondary N) is 1. The van der Waals surface area contributed by atoms with E-state index in [9.17, 15) is 0 Å². The zero-order valence-corrected chi connectivity index (χ0v) is 12.6. The first kappa shape index (κ1) is 14.0. The van der Waals surface area contributed by atoms with E-state index in [1.54, 1.807) is 0 Å². The maximum atomic E-state index is 5.53. The van der Waals surface area contributed by atoms with Gasteiger partial charge in [0.05, 0.1) is 0 Å². The lowest BCUT2D eigenvalue weighted by atomic mass is 9.75. The Hall–Kier alpha value is -0.380. The quantitative estimate of drug-likeness (QED) is 0.900. The molecule has 0 unspecified atom stereocenters. The van der Waals surface area contributed by atoms with Crippen LogP contribution in [-0.2, 0) is 11.2 Å². The molecule has 100 valence electrons. The Bertz CT molecular complexity index is 375. The highest BCUT2D eigenvalue weighted by atomic mass is 79.9. The number of hydrogen-bond acceptors (Lipinski definition) is 2. The molecule has 0 aliphatic carbocycles. The van der Waals surface area contributed by atoms with Crippen LogP contribution in [0.25, 0.3) is 0 Å². The van der Waals surface area contributed by atoms with Crippen LogP contribution in [0.1, 0.15) is 25.3 Å². The van der Waals surface area contributed by atoms with E-state index in [0.29, 0.717) is 5.41 Å². The predicted octanol–water partition coefficient (Wildman–Crippen LogP) is 3.40. The van der Waals surface area contributed by atoms with E-state index in [0.717, 1.165) is 45.6 Å². The second-order valence-electron chi connectivity index (χ2n) is 5.16. The highest BCUT2D eigenvalue weighted by Crippen LogP contribution is 2.35. The molecule has 0 radical (unpaired) electrons. The van der Waals surface area contributed by atoms with Crippen molar-refractivity contribution in [1.29, 1.82) is 0 Å². The molecule has 0 saturated carbocycles. The molecule has 1 N–H and O–H groups in total. The molecule has 18 heavy (non-hydrogen) atoms. The number of ether oxygens (including phenoxy) is 1. The fourth-order valence-corrected chi connectivity index (χ4v) is 3.08. The molecule has 0 aromatic heterocycles. The monoisotopic (exact) mass is 311 g/mol. The Labute approximate surface area is 118 Å². The molecule has 0 amide bonds. The lowest BCUT2D eigenvalue weighted by molar-refractivity contribution is 0.0151. The summed E-state index contributed by atoms with van der Waals surface area (Å²) in [5.41, 5.74) is 1.77. The van der Waals surface area contributed by atoms with Gasteiger partial charge in [0.15, 0.2) is 0 Å². The highest BCUT2D eigenvalue weighted by Gasteiger charge is 2.32. The van der Waals surface area contributed by atoms with E-state index in [4.69, 9.17) is 4.74 Å². The van der Waals surface area contributed by atoms with Gasteiger partial charge in [0.2, 0.25) is 0 Å². The van der Waals surface area contributed by atoms with Crippen LogP contribution in [0.3, 0.4) is 0 Å². The lowest BCUT2D eigenvalue weighted by Crippen LogP contribution is -2.40. The summed E-state index contributed by atoms with van der Waals surface area (Å²) in [5.74, 6) is 0. The van der Waals surface area contributed by atoms with Crippen LogP contribution in [-0.4, -0.2) is 26.3 Å². The van der Waals surface area contributed by atoms with E-state index in [2.05, 4.69) is 52.4 Å². The molecule has 0 bridgehead atoms. The van der Waals surface area contributed by atoms with Crippen LogP contribution < -0.4 is 5.32 Å². The largest absolute Gasteiger partial charge is 0.381 e. The third kappa shape index (κ3) is 3.56. The zero-order valence-electron chi connectivity index (χ0n) is 11.0. The molecule has 2 rings (SSSR count). The minimum absolute atomic E-state index is 0.359. The SMILES string of the molecule is CCNCC1(Cc2ccccc2Br)CCOCC1. The third-order valence-corrected chi connectivity index (χ3v) is 4.60. The standard InChI is InChI=1S/C15H22BrNO/c1-2-17-12-15(7-9-18-10-8-15)11-13-5-3-4-6-14(13)16/h3-6,17H,2,7-12H2,1H3. The third-order valence-electron chi connectivity index (χ3n) is 3.83. The Morgan fingerprint density at radius 2 is 2.00 bits per heavy atom. The minimum atomic E-state index is 0.359. The molecule has 3 heteroatoms. The number of rotatable bonds is 5. The lowest BCUT2D eigenvalue weighted by Gasteiger charge is -2.38. The van der Waals surface area contributed by atoms with Crippen LogP contribution in [0, 0.1) is 5.41 Å². The van der Waals surface area contributed by atoms with Crippen molar-refractivity contribution in [3.63, 3.8) is 0 Å². The van der Waals surface area contributed by atoms with Gasteiger partial charge >= 0.3 is 0 Å². The summed E-state index contributed by atoms with van der Waals surface area (Å²) in [6.45, 7) is 6.10. The number of halogens is 1. The molecule has 0 spiro atoms. The Morgan fingerprint density at radius 3 is 2.67 bits per heavy atom. The van der Waals surface area contributed by atoms with Gasteiger partial charge in [-0.25, -0.2) is 0 Å². The van der Waals surface area contributed by atoms with Crippen molar-refractivity contribution in [2.45, 2.75) is 26.2 Å². The molecule has 1 aliphatic rings. The van der Waals surface area contributed by atoms with E-state index in [1.807, 2.05) is 0 Å². The Kier molecular flexibility index (Phi) is 5.22. The van der Waals surface area contributed by atoms with E-state index >= 15 is 0 Å². The highest BCUT2D eigenvalue weighted by molar-refractivity contribution is 9.10. The summed E-state index contributed by atoms with van der Waals surface area (Å²) < 4.78 is 6.76. The number of hydrogen-bond donors (Lipinski definition) is 1. The van der Waals surface area contributed by atoms with Gasteiger partial charge < -0.3 is 10.1 Å². The average Bonchev–Trinajstić information content (AvgIpc) is 2.40. The van der Waals surface area contributed by atoms with Gasteiger partial charge in [-0.05, 0) is 42.9 Å². The molecule has 0 atom stereocenters. The molecule has 1 saturated heterocycles. The van der Waals surface area contributed by atoms with E-state index in [-0.39, 0.29) is 0 Å². The van der Waals surface area contributed by atoms with Crippen LogP contribution in [0.5, 0.6) is 0 Å².